The zero-order valence-corrected chi connectivity index (χ0v) is 18.1. The predicted octanol–water partition coefficient (Wildman–Crippen LogP) is 3.28. The number of aryl methyl sites for hydroxylation is 1. The van der Waals surface area contributed by atoms with Crippen molar-refractivity contribution in [3.05, 3.63) is 77.2 Å². The van der Waals surface area contributed by atoms with E-state index in [1.165, 1.54) is 5.56 Å². The van der Waals surface area contributed by atoms with Gasteiger partial charge in [0.1, 0.15) is 0 Å². The normalized spacial score (nSPS) is 17.4. The van der Waals surface area contributed by atoms with Crippen LogP contribution < -0.4 is 16.3 Å². The highest BCUT2D eigenvalue weighted by Crippen LogP contribution is 2.39. The van der Waals surface area contributed by atoms with Gasteiger partial charge in [0.05, 0.1) is 30.1 Å². The maximum absolute atomic E-state index is 11.4. The third-order valence-electron chi connectivity index (χ3n) is 6.05. The van der Waals surface area contributed by atoms with Crippen LogP contribution in [0, 0.1) is 0 Å². The van der Waals surface area contributed by atoms with Crippen LogP contribution >= 0.6 is 0 Å². The van der Waals surface area contributed by atoms with Crippen LogP contribution in [-0.4, -0.2) is 32.4 Å². The zero-order valence-electron chi connectivity index (χ0n) is 18.1. The molecule has 2 aromatic carbocycles. The van der Waals surface area contributed by atoms with Gasteiger partial charge in [0, 0.05) is 36.6 Å². The maximum atomic E-state index is 11.4. The first kappa shape index (κ1) is 20.1. The number of hydrogen-bond donors (Lipinski definition) is 4. The lowest BCUT2D eigenvalue weighted by molar-refractivity contribution is -0.136. The molecular weight excluding hydrogens is 404 g/mol. The van der Waals surface area contributed by atoms with E-state index in [2.05, 4.69) is 51.5 Å². The Labute approximate surface area is 186 Å². The fourth-order valence-corrected chi connectivity index (χ4v) is 4.53. The van der Waals surface area contributed by atoms with Crippen molar-refractivity contribution in [2.75, 3.05) is 11.9 Å². The SMILES string of the molecule is CC1=C2c3ccc(-c4cnn(C)c4)cc3C(Nc3ccccc3CC(=O)O)CCN2NN1. The molecule has 0 aliphatic carbocycles. The predicted molar refractivity (Wildman–Crippen MR) is 123 cm³/mol. The lowest BCUT2D eigenvalue weighted by Gasteiger charge is -2.23. The summed E-state index contributed by atoms with van der Waals surface area (Å²) in [6, 6.07) is 14.2. The van der Waals surface area contributed by atoms with Gasteiger partial charge < -0.3 is 15.8 Å². The number of carbonyl (C=O) groups is 1. The number of anilines is 1. The molecule has 0 fully saturated rings. The number of hydrazine groups is 2. The van der Waals surface area contributed by atoms with Crippen molar-refractivity contribution >= 4 is 17.4 Å². The van der Waals surface area contributed by atoms with Gasteiger partial charge in [0.15, 0.2) is 0 Å². The fraction of sp³-hybridized carbons (Fsp3) is 0.250. The Bertz CT molecular complexity index is 1210. The summed E-state index contributed by atoms with van der Waals surface area (Å²) in [5, 5.41) is 19.5. The molecule has 1 atom stereocenters. The van der Waals surface area contributed by atoms with Crippen molar-refractivity contribution in [1.29, 1.82) is 0 Å². The minimum atomic E-state index is -0.837. The summed E-state index contributed by atoms with van der Waals surface area (Å²) in [6.45, 7) is 2.87. The highest BCUT2D eigenvalue weighted by molar-refractivity contribution is 5.76. The average molecular weight is 431 g/mol. The van der Waals surface area contributed by atoms with Crippen molar-refractivity contribution in [2.45, 2.75) is 25.8 Å². The van der Waals surface area contributed by atoms with E-state index in [-0.39, 0.29) is 12.5 Å². The Morgan fingerprint density at radius 2 is 2.09 bits per heavy atom. The second kappa shape index (κ2) is 8.05. The molecule has 2 aliphatic heterocycles. The second-order valence-corrected chi connectivity index (χ2v) is 8.28. The number of rotatable bonds is 5. The first-order valence-corrected chi connectivity index (χ1v) is 10.7. The Hall–Kier alpha value is -3.78. The number of nitrogens with zero attached hydrogens (tertiary/aromatic N) is 3. The maximum Gasteiger partial charge on any atom is 0.307 e. The van der Waals surface area contributed by atoms with Crippen LogP contribution in [0.5, 0.6) is 0 Å². The van der Waals surface area contributed by atoms with Gasteiger partial charge in [-0.3, -0.25) is 14.5 Å². The van der Waals surface area contributed by atoms with Gasteiger partial charge in [0.25, 0.3) is 0 Å². The summed E-state index contributed by atoms with van der Waals surface area (Å²) >= 11 is 0. The van der Waals surface area contributed by atoms with Crippen LogP contribution in [0.4, 0.5) is 5.69 Å². The van der Waals surface area contributed by atoms with Gasteiger partial charge in [-0.25, -0.2) is 0 Å². The van der Waals surface area contributed by atoms with Gasteiger partial charge in [-0.05, 0) is 42.2 Å². The molecule has 8 nitrogen and oxygen atoms in total. The molecule has 1 unspecified atom stereocenters. The third kappa shape index (κ3) is 3.69. The van der Waals surface area contributed by atoms with E-state index in [1.807, 2.05) is 43.7 Å². The minimum absolute atomic E-state index is 0.0136. The molecule has 0 spiro atoms. The summed E-state index contributed by atoms with van der Waals surface area (Å²) in [5.74, 6) is -0.837. The largest absolute Gasteiger partial charge is 0.481 e. The minimum Gasteiger partial charge on any atom is -0.481 e. The molecule has 3 aromatic rings. The standard InChI is InChI=1S/C24H26N6O2/c1-15-24-19-8-7-16(18-13-25-29(2)14-18)11-20(19)22(9-10-30(24)28-27-15)26-21-6-4-3-5-17(21)12-23(31)32/h3-8,11,13-14,22,26-28H,9-10,12H2,1-2H3,(H,31,32). The summed E-state index contributed by atoms with van der Waals surface area (Å²) in [5.41, 5.74) is 14.8. The smallest absolute Gasteiger partial charge is 0.307 e. The summed E-state index contributed by atoms with van der Waals surface area (Å²) in [7, 11) is 1.92. The molecule has 1 aromatic heterocycles. The topological polar surface area (TPSA) is 94.5 Å². The summed E-state index contributed by atoms with van der Waals surface area (Å²) < 4.78 is 1.80. The number of carboxylic acids is 1. The Kier molecular flexibility index (Phi) is 5.07. The van der Waals surface area contributed by atoms with Gasteiger partial charge >= 0.3 is 5.97 Å². The van der Waals surface area contributed by atoms with Gasteiger partial charge in [-0.15, -0.1) is 5.53 Å². The molecule has 4 N–H and O–H groups in total. The van der Waals surface area contributed by atoms with Crippen LogP contribution in [0.1, 0.15) is 36.1 Å². The van der Waals surface area contributed by atoms with Crippen LogP contribution in [0.15, 0.2) is 60.6 Å². The third-order valence-corrected chi connectivity index (χ3v) is 6.05. The fourth-order valence-electron chi connectivity index (χ4n) is 4.53. The zero-order chi connectivity index (χ0) is 22.2. The summed E-state index contributed by atoms with van der Waals surface area (Å²) in [6.07, 6.45) is 4.72. The number of fused-ring (bicyclic) bond motifs is 3. The van der Waals surface area contributed by atoms with Crippen LogP contribution in [0.2, 0.25) is 0 Å². The van der Waals surface area contributed by atoms with E-state index in [4.69, 9.17) is 0 Å². The van der Waals surface area contributed by atoms with Crippen LogP contribution in [-0.2, 0) is 18.3 Å². The van der Waals surface area contributed by atoms with Crippen molar-refractivity contribution in [1.82, 2.24) is 25.7 Å². The number of aromatic nitrogens is 2. The van der Waals surface area contributed by atoms with Gasteiger partial charge in [0.2, 0.25) is 0 Å². The number of carboxylic acid groups (broad SMARTS) is 1. The lowest BCUT2D eigenvalue weighted by atomic mass is 9.93. The molecule has 8 heteroatoms. The molecule has 2 aliphatic rings. The molecular formula is C24H26N6O2. The van der Waals surface area contributed by atoms with Crippen molar-refractivity contribution in [2.24, 2.45) is 7.05 Å². The molecule has 0 radical (unpaired) electrons. The van der Waals surface area contributed by atoms with E-state index in [0.29, 0.717) is 0 Å². The second-order valence-electron chi connectivity index (χ2n) is 8.28. The monoisotopic (exact) mass is 430 g/mol. The average Bonchev–Trinajstić information content (AvgIpc) is 3.33. The summed E-state index contributed by atoms with van der Waals surface area (Å²) in [4.78, 5) is 11.4. The molecule has 32 heavy (non-hydrogen) atoms. The van der Waals surface area contributed by atoms with E-state index in [1.54, 1.807) is 4.68 Å². The van der Waals surface area contributed by atoms with Crippen LogP contribution in [0.3, 0.4) is 0 Å². The Balaban J connectivity index is 1.60. The number of allylic oxidation sites excluding steroid dienone is 1. The molecule has 3 heterocycles. The van der Waals surface area contributed by atoms with Crippen molar-refractivity contribution in [3.8, 4) is 11.1 Å². The molecule has 5 rings (SSSR count). The van der Waals surface area contributed by atoms with E-state index >= 15 is 0 Å². The van der Waals surface area contributed by atoms with E-state index in [0.717, 1.165) is 52.3 Å². The van der Waals surface area contributed by atoms with Crippen LogP contribution in [0.25, 0.3) is 16.8 Å². The van der Waals surface area contributed by atoms with E-state index in [9.17, 15) is 9.90 Å². The molecule has 0 saturated heterocycles. The molecule has 164 valence electrons. The molecule has 0 amide bonds. The van der Waals surface area contributed by atoms with Gasteiger partial charge in [-0.2, -0.15) is 5.10 Å². The highest BCUT2D eigenvalue weighted by atomic mass is 16.4. The highest BCUT2D eigenvalue weighted by Gasteiger charge is 2.30. The number of para-hydroxylation sites is 1. The first-order valence-electron chi connectivity index (χ1n) is 10.7. The molecule has 0 bridgehead atoms. The number of hydrogen-bond acceptors (Lipinski definition) is 6. The van der Waals surface area contributed by atoms with Crippen molar-refractivity contribution in [3.63, 3.8) is 0 Å². The number of nitrogens with one attached hydrogen (secondary N) is 3. The quantitative estimate of drug-likeness (QED) is 0.493. The lowest BCUT2D eigenvalue weighted by Crippen LogP contribution is -2.38. The van der Waals surface area contributed by atoms with Crippen molar-refractivity contribution < 1.29 is 9.90 Å². The Morgan fingerprint density at radius 1 is 1.25 bits per heavy atom. The molecule has 0 saturated carbocycles. The number of benzene rings is 2. The van der Waals surface area contributed by atoms with E-state index < -0.39 is 5.97 Å². The Morgan fingerprint density at radius 3 is 2.88 bits per heavy atom. The first-order chi connectivity index (χ1) is 15.5. The van der Waals surface area contributed by atoms with Gasteiger partial charge in [-0.1, -0.05) is 30.3 Å². The number of aliphatic carboxylic acids is 1.